The third kappa shape index (κ3) is 3.75. The molecule has 3 heterocycles. The summed E-state index contributed by atoms with van der Waals surface area (Å²) >= 11 is 0. The van der Waals surface area contributed by atoms with Gasteiger partial charge in [-0.3, -0.25) is 19.5 Å². The highest BCUT2D eigenvalue weighted by Gasteiger charge is 2.32. The molecule has 7 heteroatoms. The third-order valence-corrected chi connectivity index (χ3v) is 5.87. The summed E-state index contributed by atoms with van der Waals surface area (Å²) in [7, 11) is 0. The van der Waals surface area contributed by atoms with Gasteiger partial charge in [0.2, 0.25) is 0 Å². The molecule has 1 fully saturated rings. The van der Waals surface area contributed by atoms with Gasteiger partial charge >= 0.3 is 5.97 Å². The largest absolute Gasteiger partial charge is 0.476 e. The first-order valence-electron chi connectivity index (χ1n) is 9.83. The molecule has 1 N–H and O–H groups in total. The van der Waals surface area contributed by atoms with Gasteiger partial charge in [0.15, 0.2) is 5.69 Å². The quantitative estimate of drug-likeness (QED) is 0.864. The lowest BCUT2D eigenvalue weighted by molar-refractivity contribution is 0.0684. The van der Waals surface area contributed by atoms with Crippen molar-refractivity contribution in [3.63, 3.8) is 0 Å². The molecule has 0 radical (unpaired) electrons. The number of pyridine rings is 1. The number of piperazine rings is 1. The Morgan fingerprint density at radius 2 is 2.11 bits per heavy atom. The second-order valence-electron chi connectivity index (χ2n) is 7.46. The molecule has 0 spiro atoms. The molecule has 0 saturated carbocycles. The molecule has 0 bridgehead atoms. The van der Waals surface area contributed by atoms with E-state index < -0.39 is 5.97 Å². The van der Waals surface area contributed by atoms with Gasteiger partial charge in [-0.2, -0.15) is 5.10 Å². The minimum atomic E-state index is -0.902. The maximum Gasteiger partial charge on any atom is 0.356 e. The van der Waals surface area contributed by atoms with Gasteiger partial charge in [-0.15, -0.1) is 0 Å². The highest BCUT2D eigenvalue weighted by Crippen LogP contribution is 2.28. The Balaban J connectivity index is 1.39. The first-order chi connectivity index (χ1) is 13.2. The predicted molar refractivity (Wildman–Crippen MR) is 102 cm³/mol. The molecule has 27 heavy (non-hydrogen) atoms. The van der Waals surface area contributed by atoms with Crippen molar-refractivity contribution >= 4 is 5.97 Å². The Morgan fingerprint density at radius 1 is 1.30 bits per heavy atom. The number of aromatic nitrogens is 3. The van der Waals surface area contributed by atoms with E-state index in [1.165, 1.54) is 5.56 Å². The minimum Gasteiger partial charge on any atom is -0.476 e. The van der Waals surface area contributed by atoms with Crippen LogP contribution in [-0.4, -0.2) is 67.9 Å². The number of nitrogens with zero attached hydrogens (tertiary/aromatic N) is 5. The van der Waals surface area contributed by atoms with Gasteiger partial charge in [0, 0.05) is 69.0 Å². The van der Waals surface area contributed by atoms with E-state index in [1.54, 1.807) is 0 Å². The standard InChI is InChI=1S/C20H27N5O2/c1-2-25-18-6-5-16(12-17(18)19(22-25)20(26)27)24-10-8-23(9-11-24)14-15-4-3-7-21-13-15/h3-4,7,13,16H,2,5-6,8-12,14H2,1H3,(H,26,27)/t16-/m1/s1. The summed E-state index contributed by atoms with van der Waals surface area (Å²) in [5.41, 5.74) is 3.60. The fourth-order valence-electron chi connectivity index (χ4n) is 4.45. The van der Waals surface area contributed by atoms with Crippen LogP contribution in [0.5, 0.6) is 0 Å². The topological polar surface area (TPSA) is 74.5 Å². The molecule has 2 aromatic heterocycles. The monoisotopic (exact) mass is 369 g/mol. The van der Waals surface area contributed by atoms with E-state index in [4.69, 9.17) is 0 Å². The van der Waals surface area contributed by atoms with Crippen molar-refractivity contribution < 1.29 is 9.90 Å². The number of hydrogen-bond donors (Lipinski definition) is 1. The van der Waals surface area contributed by atoms with Crippen LogP contribution in [0.15, 0.2) is 24.5 Å². The van der Waals surface area contributed by atoms with Crippen LogP contribution < -0.4 is 0 Å². The molecule has 7 nitrogen and oxygen atoms in total. The molecule has 4 rings (SSSR count). The van der Waals surface area contributed by atoms with E-state index >= 15 is 0 Å². The molecule has 0 unspecified atom stereocenters. The van der Waals surface area contributed by atoms with Crippen LogP contribution in [-0.2, 0) is 25.9 Å². The predicted octanol–water partition coefficient (Wildman–Crippen LogP) is 1.67. The van der Waals surface area contributed by atoms with Crippen molar-refractivity contribution in [1.82, 2.24) is 24.6 Å². The summed E-state index contributed by atoms with van der Waals surface area (Å²) in [6, 6.07) is 4.54. The summed E-state index contributed by atoms with van der Waals surface area (Å²) in [6.07, 6.45) is 6.56. The third-order valence-electron chi connectivity index (χ3n) is 5.87. The second kappa shape index (κ2) is 7.78. The zero-order valence-corrected chi connectivity index (χ0v) is 15.8. The number of carbonyl (C=O) groups is 1. The highest BCUT2D eigenvalue weighted by molar-refractivity contribution is 5.87. The zero-order valence-electron chi connectivity index (χ0n) is 15.8. The Labute approximate surface area is 159 Å². The SMILES string of the molecule is CCn1nc(C(=O)O)c2c1CC[C@@H](N1CCN(Cc3cccnc3)CC1)C2. The smallest absolute Gasteiger partial charge is 0.356 e. The van der Waals surface area contributed by atoms with Crippen molar-refractivity contribution in [2.45, 2.75) is 45.3 Å². The summed E-state index contributed by atoms with van der Waals surface area (Å²) in [5, 5.41) is 13.9. The summed E-state index contributed by atoms with van der Waals surface area (Å²) in [5.74, 6) is -0.902. The molecule has 0 amide bonds. The lowest BCUT2D eigenvalue weighted by Crippen LogP contribution is -2.51. The number of fused-ring (bicyclic) bond motifs is 1. The first-order valence-corrected chi connectivity index (χ1v) is 9.83. The zero-order chi connectivity index (χ0) is 18.8. The number of aryl methyl sites for hydroxylation is 1. The molecule has 1 atom stereocenters. The van der Waals surface area contributed by atoms with Gasteiger partial charge in [-0.05, 0) is 37.8 Å². The minimum absolute atomic E-state index is 0.256. The summed E-state index contributed by atoms with van der Waals surface area (Å²) < 4.78 is 1.88. The summed E-state index contributed by atoms with van der Waals surface area (Å²) in [6.45, 7) is 7.84. The van der Waals surface area contributed by atoms with Crippen LogP contribution in [0.1, 0.15) is 40.7 Å². The number of carboxylic acids is 1. The normalized spacial score (nSPS) is 21.1. The molecular formula is C20H27N5O2. The van der Waals surface area contributed by atoms with Gasteiger partial charge in [0.1, 0.15) is 0 Å². The summed E-state index contributed by atoms with van der Waals surface area (Å²) in [4.78, 5) is 20.8. The van der Waals surface area contributed by atoms with E-state index in [0.29, 0.717) is 6.04 Å². The average Bonchev–Trinajstić information content (AvgIpc) is 3.08. The van der Waals surface area contributed by atoms with E-state index in [2.05, 4.69) is 25.9 Å². The maximum atomic E-state index is 11.6. The van der Waals surface area contributed by atoms with Gasteiger partial charge < -0.3 is 5.11 Å². The van der Waals surface area contributed by atoms with Crippen LogP contribution in [0.25, 0.3) is 0 Å². The lowest BCUT2D eigenvalue weighted by Gasteiger charge is -2.40. The Hall–Kier alpha value is -2.25. The number of rotatable bonds is 5. The molecular weight excluding hydrogens is 342 g/mol. The van der Waals surface area contributed by atoms with Crippen molar-refractivity contribution in [2.75, 3.05) is 26.2 Å². The molecule has 144 valence electrons. The second-order valence-corrected chi connectivity index (χ2v) is 7.46. The molecule has 0 aromatic carbocycles. The van der Waals surface area contributed by atoms with Crippen molar-refractivity contribution in [3.05, 3.63) is 47.0 Å². The fourth-order valence-corrected chi connectivity index (χ4v) is 4.45. The van der Waals surface area contributed by atoms with Crippen molar-refractivity contribution in [2.24, 2.45) is 0 Å². The Kier molecular flexibility index (Phi) is 5.22. The highest BCUT2D eigenvalue weighted by atomic mass is 16.4. The fraction of sp³-hybridized carbons (Fsp3) is 0.550. The van der Waals surface area contributed by atoms with E-state index in [1.807, 2.05) is 30.1 Å². The Morgan fingerprint density at radius 3 is 2.78 bits per heavy atom. The maximum absolute atomic E-state index is 11.6. The molecule has 1 aliphatic carbocycles. The molecule has 1 saturated heterocycles. The van der Waals surface area contributed by atoms with Crippen LogP contribution in [0.4, 0.5) is 0 Å². The average molecular weight is 369 g/mol. The van der Waals surface area contributed by atoms with Gasteiger partial charge in [-0.1, -0.05) is 6.07 Å². The molecule has 2 aromatic rings. The van der Waals surface area contributed by atoms with Crippen LogP contribution >= 0.6 is 0 Å². The van der Waals surface area contributed by atoms with Gasteiger partial charge in [0.05, 0.1) is 0 Å². The number of carboxylic acid groups (broad SMARTS) is 1. The van der Waals surface area contributed by atoms with Gasteiger partial charge in [-0.25, -0.2) is 4.79 Å². The van der Waals surface area contributed by atoms with Crippen LogP contribution in [0, 0.1) is 0 Å². The lowest BCUT2D eigenvalue weighted by atomic mass is 9.90. The number of hydrogen-bond acceptors (Lipinski definition) is 5. The van der Waals surface area contributed by atoms with Crippen LogP contribution in [0.3, 0.4) is 0 Å². The Bertz CT molecular complexity index is 796. The molecule has 1 aliphatic heterocycles. The van der Waals surface area contributed by atoms with E-state index in [9.17, 15) is 9.90 Å². The van der Waals surface area contributed by atoms with E-state index in [0.717, 1.165) is 69.8 Å². The van der Waals surface area contributed by atoms with Crippen molar-refractivity contribution in [1.29, 1.82) is 0 Å². The van der Waals surface area contributed by atoms with E-state index in [-0.39, 0.29) is 5.69 Å². The van der Waals surface area contributed by atoms with Gasteiger partial charge in [0.25, 0.3) is 0 Å². The first kappa shape index (κ1) is 18.1. The van der Waals surface area contributed by atoms with Crippen molar-refractivity contribution in [3.8, 4) is 0 Å². The number of aromatic carboxylic acids is 1. The molecule has 2 aliphatic rings. The van der Waals surface area contributed by atoms with Crippen LogP contribution in [0.2, 0.25) is 0 Å².